The average Bonchev–Trinajstić information content (AvgIpc) is 3.54. The number of hydrogen-bond acceptors (Lipinski definition) is 5. The fraction of sp³-hybridized carbons (Fsp3) is 0.440. The Morgan fingerprint density at radius 3 is 2.88 bits per heavy atom. The van der Waals surface area contributed by atoms with Gasteiger partial charge in [-0.1, -0.05) is 19.3 Å². The zero-order valence-corrected chi connectivity index (χ0v) is 19.6. The summed E-state index contributed by atoms with van der Waals surface area (Å²) in [6, 6.07) is 8.92. The van der Waals surface area contributed by atoms with Crippen LogP contribution >= 0.6 is 12.2 Å². The molecule has 1 saturated heterocycles. The Balaban J connectivity index is 1.34. The molecule has 4 heterocycles. The maximum atomic E-state index is 13.5. The first-order valence-electron chi connectivity index (χ1n) is 12.0. The van der Waals surface area contributed by atoms with Crippen LogP contribution in [-0.4, -0.2) is 42.3 Å². The van der Waals surface area contributed by atoms with Crippen molar-refractivity contribution in [2.75, 3.05) is 13.1 Å². The van der Waals surface area contributed by atoms with Crippen molar-refractivity contribution in [2.24, 2.45) is 5.92 Å². The summed E-state index contributed by atoms with van der Waals surface area (Å²) >= 11 is 5.74. The highest BCUT2D eigenvalue weighted by Gasteiger charge is 2.48. The second kappa shape index (κ2) is 8.13. The molecule has 2 N–H and O–H groups in total. The lowest BCUT2D eigenvalue weighted by atomic mass is 9.89. The summed E-state index contributed by atoms with van der Waals surface area (Å²) in [5.41, 5.74) is 1.81. The quantitative estimate of drug-likeness (QED) is 0.561. The molecule has 2 aliphatic heterocycles. The minimum atomic E-state index is -0.268. The van der Waals surface area contributed by atoms with Gasteiger partial charge in [-0.05, 0) is 61.7 Å². The van der Waals surface area contributed by atoms with Gasteiger partial charge in [-0.2, -0.15) is 5.26 Å². The molecule has 0 spiro atoms. The van der Waals surface area contributed by atoms with E-state index in [0.717, 1.165) is 13.0 Å². The van der Waals surface area contributed by atoms with Gasteiger partial charge in [0, 0.05) is 24.7 Å². The number of nitrogens with one attached hydrogen (secondary N) is 1. The number of rotatable bonds is 3. The molecule has 3 aromatic rings. The number of aromatic nitrogens is 3. The number of likely N-dealkylation sites (tertiary alicyclic amines) is 1. The molecule has 8 nitrogen and oxygen atoms in total. The molecule has 3 aliphatic rings. The van der Waals surface area contributed by atoms with Crippen LogP contribution in [0.1, 0.15) is 61.9 Å². The van der Waals surface area contributed by atoms with Crippen molar-refractivity contribution < 1.29 is 5.11 Å². The predicted octanol–water partition coefficient (Wildman–Crippen LogP) is 3.52. The van der Waals surface area contributed by atoms with E-state index in [1.165, 1.54) is 36.7 Å². The average molecular weight is 475 g/mol. The first kappa shape index (κ1) is 21.2. The number of nitriles is 1. The van der Waals surface area contributed by atoms with Crippen LogP contribution in [0, 0.1) is 17.2 Å². The van der Waals surface area contributed by atoms with Crippen molar-refractivity contribution in [3.8, 4) is 17.6 Å². The number of thiocarbonyl (C=S) groups is 1. The van der Waals surface area contributed by atoms with Crippen LogP contribution < -0.4 is 11.0 Å². The van der Waals surface area contributed by atoms with E-state index in [4.69, 9.17) is 12.2 Å². The smallest absolute Gasteiger partial charge is 0.336 e. The van der Waals surface area contributed by atoms with Crippen molar-refractivity contribution in [3.63, 3.8) is 0 Å². The normalized spacial score (nSPS) is 21.6. The van der Waals surface area contributed by atoms with Gasteiger partial charge >= 0.3 is 5.69 Å². The van der Waals surface area contributed by atoms with Gasteiger partial charge in [0.15, 0.2) is 5.11 Å². The van der Waals surface area contributed by atoms with E-state index in [1.807, 2.05) is 6.07 Å². The number of imidazole rings is 1. The Morgan fingerprint density at radius 2 is 2.09 bits per heavy atom. The van der Waals surface area contributed by atoms with Crippen molar-refractivity contribution in [2.45, 2.75) is 50.6 Å². The first-order valence-corrected chi connectivity index (χ1v) is 12.4. The maximum Gasteiger partial charge on any atom is 0.336 e. The molecule has 1 aliphatic carbocycles. The highest BCUT2D eigenvalue weighted by atomic mass is 32.1. The largest absolute Gasteiger partial charge is 0.493 e. The van der Waals surface area contributed by atoms with Crippen molar-refractivity contribution in [1.82, 2.24) is 24.3 Å². The topological polar surface area (TPSA) is 99.1 Å². The Kier molecular flexibility index (Phi) is 5.06. The van der Waals surface area contributed by atoms with E-state index in [9.17, 15) is 15.2 Å². The summed E-state index contributed by atoms with van der Waals surface area (Å²) in [5.74, 6) is 0.601. The molecule has 1 saturated carbocycles. The fourth-order valence-electron chi connectivity index (χ4n) is 6.06. The predicted molar refractivity (Wildman–Crippen MR) is 132 cm³/mol. The highest BCUT2D eigenvalue weighted by molar-refractivity contribution is 7.80. The zero-order valence-electron chi connectivity index (χ0n) is 18.8. The number of benzene rings is 1. The third kappa shape index (κ3) is 3.12. The Bertz CT molecular complexity index is 1400. The van der Waals surface area contributed by atoms with Crippen molar-refractivity contribution >= 4 is 28.2 Å². The lowest BCUT2D eigenvalue weighted by Gasteiger charge is -2.31. The molecule has 2 fully saturated rings. The van der Waals surface area contributed by atoms with Crippen LogP contribution in [0.3, 0.4) is 0 Å². The Hall–Kier alpha value is -3.38. The van der Waals surface area contributed by atoms with Gasteiger partial charge in [-0.25, -0.2) is 9.36 Å². The molecule has 0 radical (unpaired) electrons. The van der Waals surface area contributed by atoms with E-state index in [-0.39, 0.29) is 23.7 Å². The van der Waals surface area contributed by atoms with Crippen LogP contribution in [0.15, 0.2) is 35.3 Å². The van der Waals surface area contributed by atoms with Gasteiger partial charge in [0.2, 0.25) is 5.88 Å². The third-order valence-corrected chi connectivity index (χ3v) is 8.07. The SMILES string of the molecule is N#Cc1ccc(-n2c(O)c3n(c2=O)[C@H]2C[C@@H]3N(C(=S)NCC3CCCCC3)C2)c2cccnc12. The fourth-order valence-corrected chi connectivity index (χ4v) is 6.34. The van der Waals surface area contributed by atoms with Gasteiger partial charge in [0.1, 0.15) is 11.8 Å². The first-order chi connectivity index (χ1) is 16.6. The van der Waals surface area contributed by atoms with Gasteiger partial charge in [0.05, 0.1) is 28.9 Å². The standard InChI is InChI=1S/C25H26N6O2S/c26-12-16-8-9-19(18-7-4-10-27-21(16)18)31-23(32)22-20-11-17(30(22)25(31)33)14-29(20)24(34)28-13-15-5-2-1-3-6-15/h4,7-10,15,17,20,32H,1-3,5-6,11,13-14H2,(H,28,34)/t17-,20-/m0/s1. The summed E-state index contributed by atoms with van der Waals surface area (Å²) in [7, 11) is 0. The molecule has 0 unspecified atom stereocenters. The number of hydrogen-bond donors (Lipinski definition) is 2. The van der Waals surface area contributed by atoms with Crippen LogP contribution in [-0.2, 0) is 0 Å². The maximum absolute atomic E-state index is 13.5. The molecule has 2 aromatic heterocycles. The van der Waals surface area contributed by atoms with Crippen LogP contribution in [0.25, 0.3) is 16.6 Å². The van der Waals surface area contributed by atoms with E-state index < -0.39 is 0 Å². The second-order valence-electron chi connectivity index (χ2n) is 9.59. The van der Waals surface area contributed by atoms with Crippen LogP contribution in [0.5, 0.6) is 5.88 Å². The molecule has 174 valence electrons. The Morgan fingerprint density at radius 1 is 1.26 bits per heavy atom. The van der Waals surface area contributed by atoms with Gasteiger partial charge in [0.25, 0.3) is 0 Å². The molecule has 0 amide bonds. The number of fused-ring (bicyclic) bond motifs is 6. The summed E-state index contributed by atoms with van der Waals surface area (Å²) in [4.78, 5) is 20.0. The zero-order chi connectivity index (χ0) is 23.4. The van der Waals surface area contributed by atoms with E-state index >= 15 is 0 Å². The van der Waals surface area contributed by atoms with E-state index in [1.54, 1.807) is 29.0 Å². The van der Waals surface area contributed by atoms with Gasteiger partial charge in [-0.3, -0.25) is 9.55 Å². The molecular weight excluding hydrogens is 448 g/mol. The molecule has 6 rings (SSSR count). The summed E-state index contributed by atoms with van der Waals surface area (Å²) in [6.07, 6.45) is 8.79. The Labute approximate surface area is 202 Å². The van der Waals surface area contributed by atoms with Gasteiger partial charge in [-0.15, -0.1) is 0 Å². The number of pyridine rings is 1. The monoisotopic (exact) mass is 474 g/mol. The minimum Gasteiger partial charge on any atom is -0.493 e. The highest BCUT2D eigenvalue weighted by Crippen LogP contribution is 2.48. The number of aromatic hydroxyl groups is 1. The summed E-state index contributed by atoms with van der Waals surface area (Å²) < 4.78 is 3.07. The lowest BCUT2D eigenvalue weighted by Crippen LogP contribution is -2.44. The molecule has 2 bridgehead atoms. The molecule has 34 heavy (non-hydrogen) atoms. The summed E-state index contributed by atoms with van der Waals surface area (Å²) in [6.45, 7) is 1.55. The van der Waals surface area contributed by atoms with Crippen LogP contribution in [0.2, 0.25) is 0 Å². The van der Waals surface area contributed by atoms with E-state index in [2.05, 4.69) is 21.3 Å². The van der Waals surface area contributed by atoms with E-state index in [0.29, 0.717) is 45.4 Å². The molecule has 2 atom stereocenters. The second-order valence-corrected chi connectivity index (χ2v) is 9.97. The minimum absolute atomic E-state index is 0.0307. The summed E-state index contributed by atoms with van der Waals surface area (Å²) in [5, 5.41) is 25.6. The van der Waals surface area contributed by atoms with Crippen LogP contribution in [0.4, 0.5) is 0 Å². The van der Waals surface area contributed by atoms with Crippen molar-refractivity contribution in [1.29, 1.82) is 5.26 Å². The lowest BCUT2D eigenvalue weighted by molar-refractivity contribution is 0.320. The third-order valence-electron chi connectivity index (χ3n) is 7.69. The number of nitrogens with zero attached hydrogens (tertiary/aromatic N) is 5. The molecular formula is C25H26N6O2S. The molecule has 1 aromatic carbocycles. The van der Waals surface area contributed by atoms with Gasteiger partial charge < -0.3 is 15.3 Å². The molecule has 9 heteroatoms. The van der Waals surface area contributed by atoms with Crippen molar-refractivity contribution in [3.05, 3.63) is 52.2 Å².